The van der Waals surface area contributed by atoms with Crippen LogP contribution in [0.2, 0.25) is 0 Å². The van der Waals surface area contributed by atoms with Gasteiger partial charge in [-0.3, -0.25) is 4.79 Å². The molecule has 0 aromatic rings. The fraction of sp³-hybridized carbons (Fsp3) is 0.917. The van der Waals surface area contributed by atoms with Crippen molar-refractivity contribution in [3.8, 4) is 0 Å². The van der Waals surface area contributed by atoms with Gasteiger partial charge in [0.2, 0.25) is 0 Å². The Morgan fingerprint density at radius 1 is 1.25 bits per heavy atom. The summed E-state index contributed by atoms with van der Waals surface area (Å²) in [6.45, 7) is 10.9. The molecular formula is C12H25NO3. The van der Waals surface area contributed by atoms with Crippen LogP contribution in [0.4, 0.5) is 0 Å². The lowest BCUT2D eigenvalue weighted by Gasteiger charge is -2.22. The first-order valence-corrected chi connectivity index (χ1v) is 5.70. The fourth-order valence-electron chi connectivity index (χ4n) is 1.07. The van der Waals surface area contributed by atoms with E-state index in [-0.39, 0.29) is 18.0 Å². The molecule has 0 heterocycles. The molecule has 0 aromatic heterocycles. The molecule has 0 saturated carbocycles. The zero-order chi connectivity index (χ0) is 12.8. The van der Waals surface area contributed by atoms with Crippen molar-refractivity contribution in [1.29, 1.82) is 0 Å². The smallest absolute Gasteiger partial charge is 0.307 e. The zero-order valence-corrected chi connectivity index (χ0v) is 11.1. The number of hydrogen-bond donors (Lipinski definition) is 2. The molecule has 0 aliphatic heterocycles. The van der Waals surface area contributed by atoms with Gasteiger partial charge in [-0.15, -0.1) is 0 Å². The third-order valence-electron chi connectivity index (χ3n) is 1.96. The van der Waals surface area contributed by atoms with Crippen molar-refractivity contribution in [3.05, 3.63) is 0 Å². The summed E-state index contributed by atoms with van der Waals surface area (Å²) >= 11 is 0. The van der Waals surface area contributed by atoms with Gasteiger partial charge < -0.3 is 15.2 Å². The van der Waals surface area contributed by atoms with Gasteiger partial charge in [0.25, 0.3) is 0 Å². The van der Waals surface area contributed by atoms with E-state index in [9.17, 15) is 4.79 Å². The van der Waals surface area contributed by atoms with Crippen molar-refractivity contribution in [1.82, 2.24) is 5.32 Å². The molecule has 0 spiro atoms. The minimum atomic E-state index is -0.415. The lowest BCUT2D eigenvalue weighted by Crippen LogP contribution is -2.34. The number of rotatable bonds is 6. The molecule has 0 aliphatic carbocycles. The topological polar surface area (TPSA) is 58.6 Å². The van der Waals surface area contributed by atoms with Gasteiger partial charge in [0, 0.05) is 25.1 Å². The van der Waals surface area contributed by atoms with Crippen molar-refractivity contribution < 1.29 is 14.6 Å². The third kappa shape index (κ3) is 8.68. The Balaban J connectivity index is 3.64. The highest BCUT2D eigenvalue weighted by molar-refractivity contribution is 5.70. The van der Waals surface area contributed by atoms with Crippen LogP contribution in [0.3, 0.4) is 0 Å². The Hall–Kier alpha value is -0.610. The van der Waals surface area contributed by atoms with Gasteiger partial charge in [0.05, 0.1) is 6.42 Å². The highest BCUT2D eigenvalue weighted by Gasteiger charge is 2.17. The lowest BCUT2D eigenvalue weighted by atomic mass is 9.95. The summed E-state index contributed by atoms with van der Waals surface area (Å²) < 4.78 is 5.17. The SMILES string of the molecule is CC(C)(CO)CNCCC(=O)OC(C)(C)C. The van der Waals surface area contributed by atoms with Crippen LogP contribution in [0, 0.1) is 5.41 Å². The molecule has 0 saturated heterocycles. The maximum Gasteiger partial charge on any atom is 0.307 e. The van der Waals surface area contributed by atoms with Gasteiger partial charge in [-0.05, 0) is 20.8 Å². The van der Waals surface area contributed by atoms with E-state index in [4.69, 9.17) is 9.84 Å². The summed E-state index contributed by atoms with van der Waals surface area (Å²) in [5, 5.41) is 12.2. The van der Waals surface area contributed by atoms with Crippen LogP contribution in [-0.2, 0) is 9.53 Å². The van der Waals surface area contributed by atoms with Crippen LogP contribution in [0.15, 0.2) is 0 Å². The number of hydrogen-bond acceptors (Lipinski definition) is 4. The third-order valence-corrected chi connectivity index (χ3v) is 1.96. The van der Waals surface area contributed by atoms with Gasteiger partial charge in [0.1, 0.15) is 5.60 Å². The molecule has 0 radical (unpaired) electrons. The quantitative estimate of drug-likeness (QED) is 0.535. The van der Waals surface area contributed by atoms with E-state index in [2.05, 4.69) is 5.32 Å². The number of ether oxygens (including phenoxy) is 1. The van der Waals surface area contributed by atoms with E-state index in [0.29, 0.717) is 19.5 Å². The Bertz CT molecular complexity index is 219. The second-order valence-electron chi connectivity index (χ2n) is 5.84. The first-order chi connectivity index (χ1) is 7.16. The number of carbonyl (C=O) groups excluding carboxylic acids is 1. The van der Waals surface area contributed by atoms with E-state index in [1.54, 1.807) is 0 Å². The van der Waals surface area contributed by atoms with E-state index in [1.807, 2.05) is 34.6 Å². The second-order valence-corrected chi connectivity index (χ2v) is 5.84. The van der Waals surface area contributed by atoms with E-state index >= 15 is 0 Å². The molecule has 4 nitrogen and oxygen atoms in total. The number of nitrogens with one attached hydrogen (secondary N) is 1. The Kier molecular flexibility index (Phi) is 5.97. The summed E-state index contributed by atoms with van der Waals surface area (Å²) in [5.74, 6) is -0.193. The summed E-state index contributed by atoms with van der Waals surface area (Å²) in [4.78, 5) is 11.3. The zero-order valence-electron chi connectivity index (χ0n) is 11.1. The lowest BCUT2D eigenvalue weighted by molar-refractivity contribution is -0.154. The van der Waals surface area contributed by atoms with Crippen LogP contribution >= 0.6 is 0 Å². The summed E-state index contributed by atoms with van der Waals surface area (Å²) in [5.41, 5.74) is -0.560. The highest BCUT2D eigenvalue weighted by atomic mass is 16.6. The van der Waals surface area contributed by atoms with Gasteiger partial charge in [0.15, 0.2) is 0 Å². The molecule has 0 amide bonds. The van der Waals surface area contributed by atoms with Crippen molar-refractivity contribution in [2.24, 2.45) is 5.41 Å². The summed E-state index contributed by atoms with van der Waals surface area (Å²) in [6.07, 6.45) is 0.360. The second kappa shape index (κ2) is 6.21. The van der Waals surface area contributed by atoms with Gasteiger partial charge in [-0.2, -0.15) is 0 Å². The fourth-order valence-corrected chi connectivity index (χ4v) is 1.07. The Morgan fingerprint density at radius 2 is 1.81 bits per heavy atom. The largest absolute Gasteiger partial charge is 0.460 e. The summed E-state index contributed by atoms with van der Waals surface area (Å²) in [6, 6.07) is 0. The first kappa shape index (κ1) is 15.4. The van der Waals surface area contributed by atoms with E-state index < -0.39 is 5.60 Å². The molecular weight excluding hydrogens is 206 g/mol. The van der Waals surface area contributed by atoms with Crippen molar-refractivity contribution in [2.45, 2.75) is 46.6 Å². The van der Waals surface area contributed by atoms with Crippen LogP contribution in [0.5, 0.6) is 0 Å². The average Bonchev–Trinajstić information content (AvgIpc) is 2.10. The number of aliphatic hydroxyl groups is 1. The van der Waals surface area contributed by atoms with Gasteiger partial charge >= 0.3 is 5.97 Å². The predicted octanol–water partition coefficient (Wildman–Crippen LogP) is 1.33. The molecule has 0 fully saturated rings. The standard InChI is InChI=1S/C12H25NO3/c1-11(2,3)16-10(15)6-7-13-8-12(4,5)9-14/h13-14H,6-9H2,1-5H3. The molecule has 4 heteroatoms. The maximum atomic E-state index is 11.3. The molecule has 96 valence electrons. The van der Waals surface area contributed by atoms with Crippen LogP contribution in [0.25, 0.3) is 0 Å². The van der Waals surface area contributed by atoms with Gasteiger partial charge in [-0.25, -0.2) is 0 Å². The molecule has 16 heavy (non-hydrogen) atoms. The molecule has 2 N–H and O–H groups in total. The highest BCUT2D eigenvalue weighted by Crippen LogP contribution is 2.11. The van der Waals surface area contributed by atoms with Crippen molar-refractivity contribution in [3.63, 3.8) is 0 Å². The van der Waals surface area contributed by atoms with Crippen LogP contribution in [-0.4, -0.2) is 36.4 Å². The molecule has 0 atom stereocenters. The molecule has 0 bridgehead atoms. The summed E-state index contributed by atoms with van der Waals surface area (Å²) in [7, 11) is 0. The normalized spacial score (nSPS) is 12.6. The molecule has 0 rings (SSSR count). The van der Waals surface area contributed by atoms with Crippen LogP contribution in [0.1, 0.15) is 41.0 Å². The number of carbonyl (C=O) groups is 1. The predicted molar refractivity (Wildman–Crippen MR) is 64.2 cm³/mol. The van der Waals surface area contributed by atoms with Crippen LogP contribution < -0.4 is 5.32 Å². The maximum absolute atomic E-state index is 11.3. The Labute approximate surface area is 98.4 Å². The monoisotopic (exact) mass is 231 g/mol. The first-order valence-electron chi connectivity index (χ1n) is 5.70. The average molecular weight is 231 g/mol. The molecule has 0 unspecified atom stereocenters. The Morgan fingerprint density at radius 3 is 2.25 bits per heavy atom. The molecule has 0 aromatic carbocycles. The van der Waals surface area contributed by atoms with Crippen molar-refractivity contribution in [2.75, 3.05) is 19.7 Å². The molecule has 0 aliphatic rings. The van der Waals surface area contributed by atoms with Crippen molar-refractivity contribution >= 4 is 5.97 Å². The van der Waals surface area contributed by atoms with Gasteiger partial charge in [-0.1, -0.05) is 13.8 Å². The number of esters is 1. The van der Waals surface area contributed by atoms with E-state index in [1.165, 1.54) is 0 Å². The van der Waals surface area contributed by atoms with E-state index in [0.717, 1.165) is 0 Å². The minimum absolute atomic E-state index is 0.131. The number of aliphatic hydroxyl groups excluding tert-OH is 1. The minimum Gasteiger partial charge on any atom is -0.460 e.